The molecule has 0 saturated carbocycles. The lowest BCUT2D eigenvalue weighted by molar-refractivity contribution is -0.0498. The average molecular weight is 493 g/mol. The van der Waals surface area contributed by atoms with E-state index in [4.69, 9.17) is 4.42 Å². The molecule has 5 aromatic rings. The summed E-state index contributed by atoms with van der Waals surface area (Å²) >= 11 is 1.29. The van der Waals surface area contributed by atoms with Gasteiger partial charge in [-0.3, -0.25) is 9.36 Å². The summed E-state index contributed by atoms with van der Waals surface area (Å²) < 4.78 is 36.3. The van der Waals surface area contributed by atoms with E-state index < -0.39 is 12.2 Å². The zero-order chi connectivity index (χ0) is 24.5. The van der Waals surface area contributed by atoms with Gasteiger partial charge in [0.2, 0.25) is 0 Å². The first-order valence-electron chi connectivity index (χ1n) is 10.6. The lowest BCUT2D eigenvalue weighted by atomic mass is 10.1. The van der Waals surface area contributed by atoms with Gasteiger partial charge in [0.1, 0.15) is 11.3 Å². The summed E-state index contributed by atoms with van der Waals surface area (Å²) in [7, 11) is 0. The van der Waals surface area contributed by atoms with Crippen molar-refractivity contribution in [1.82, 2.24) is 9.55 Å². The van der Waals surface area contributed by atoms with E-state index in [-0.39, 0.29) is 11.3 Å². The fraction of sp³-hybridized carbons (Fsp3) is 0.115. The first-order valence-corrected chi connectivity index (χ1v) is 11.6. The smallest absolute Gasteiger partial charge is 0.387 e. The molecule has 0 radical (unpaired) electrons. The summed E-state index contributed by atoms with van der Waals surface area (Å²) in [5.74, 6) is 0.334. The molecule has 0 aliphatic heterocycles. The van der Waals surface area contributed by atoms with Crippen LogP contribution in [0.4, 0.5) is 8.78 Å². The van der Waals surface area contributed by atoms with Crippen LogP contribution in [0.1, 0.15) is 11.1 Å². The highest BCUT2D eigenvalue weighted by atomic mass is 32.2. The number of para-hydroxylation sites is 1. The number of alkyl halides is 2. The van der Waals surface area contributed by atoms with Crippen molar-refractivity contribution in [3.05, 3.63) is 105 Å². The molecule has 0 atom stereocenters. The highest BCUT2D eigenvalue weighted by Gasteiger charge is 2.15. The fourth-order valence-corrected chi connectivity index (χ4v) is 4.82. The molecule has 0 N–H and O–H groups in total. The van der Waals surface area contributed by atoms with E-state index in [1.807, 2.05) is 19.1 Å². The minimum Gasteiger partial charge on any atom is -0.435 e. The van der Waals surface area contributed by atoms with Crippen LogP contribution in [-0.2, 0) is 5.75 Å². The van der Waals surface area contributed by atoms with Crippen LogP contribution in [0.2, 0.25) is 0 Å². The van der Waals surface area contributed by atoms with Gasteiger partial charge in [0.15, 0.2) is 5.16 Å². The van der Waals surface area contributed by atoms with Crippen LogP contribution >= 0.6 is 11.8 Å². The number of ether oxygens (including phenoxy) is 1. The molecule has 0 unspecified atom stereocenters. The molecule has 3 aromatic carbocycles. The van der Waals surface area contributed by atoms with Crippen LogP contribution in [0.15, 0.2) is 92.0 Å². The molecular formula is C26H18F2N2O4S. The number of aryl methyl sites for hydroxylation is 1. The average Bonchev–Trinajstić information content (AvgIpc) is 2.82. The van der Waals surface area contributed by atoms with Crippen molar-refractivity contribution in [2.75, 3.05) is 0 Å². The molecular weight excluding hydrogens is 474 g/mol. The summed E-state index contributed by atoms with van der Waals surface area (Å²) in [5, 5.41) is 1.61. The van der Waals surface area contributed by atoms with E-state index in [0.717, 1.165) is 16.5 Å². The Hall–Kier alpha value is -3.98. The minimum atomic E-state index is -2.95. The Kier molecular flexibility index (Phi) is 6.08. The van der Waals surface area contributed by atoms with E-state index >= 15 is 0 Å². The highest BCUT2D eigenvalue weighted by molar-refractivity contribution is 7.98. The number of thioether (sulfide) groups is 1. The third-order valence-electron chi connectivity index (χ3n) is 5.41. The maximum atomic E-state index is 13.4. The molecule has 0 spiro atoms. The van der Waals surface area contributed by atoms with Crippen LogP contribution in [0.5, 0.6) is 5.75 Å². The number of rotatable bonds is 6. The number of aromatic nitrogens is 2. The highest BCUT2D eigenvalue weighted by Crippen LogP contribution is 2.28. The Morgan fingerprint density at radius 3 is 2.54 bits per heavy atom. The fourth-order valence-electron chi connectivity index (χ4n) is 3.81. The molecule has 0 aliphatic rings. The molecule has 176 valence electrons. The summed E-state index contributed by atoms with van der Waals surface area (Å²) in [4.78, 5) is 30.2. The van der Waals surface area contributed by atoms with Crippen LogP contribution in [0.25, 0.3) is 27.6 Å². The third kappa shape index (κ3) is 4.67. The zero-order valence-electron chi connectivity index (χ0n) is 18.4. The van der Waals surface area contributed by atoms with Crippen molar-refractivity contribution in [3.8, 4) is 11.4 Å². The number of hydrogen-bond donors (Lipinski definition) is 0. The van der Waals surface area contributed by atoms with Crippen LogP contribution in [0, 0.1) is 6.92 Å². The summed E-state index contributed by atoms with van der Waals surface area (Å²) in [5.41, 5.74) is 2.43. The van der Waals surface area contributed by atoms with Gasteiger partial charge in [-0.05, 0) is 60.5 Å². The normalized spacial score (nSPS) is 11.4. The Morgan fingerprint density at radius 1 is 1.00 bits per heavy atom. The number of benzene rings is 3. The van der Waals surface area contributed by atoms with E-state index in [9.17, 15) is 18.4 Å². The SMILES string of the molecule is Cc1ccc2c(CSc3nc4ccccc4c(=O)n3-c3ccc(OC(F)F)cc3)cc(=O)oc2c1. The van der Waals surface area contributed by atoms with E-state index in [2.05, 4.69) is 9.72 Å². The summed E-state index contributed by atoms with van der Waals surface area (Å²) in [6, 6.07) is 19.8. The van der Waals surface area contributed by atoms with Gasteiger partial charge in [-0.2, -0.15) is 8.78 Å². The molecule has 35 heavy (non-hydrogen) atoms. The van der Waals surface area contributed by atoms with Crippen LogP contribution in [-0.4, -0.2) is 16.2 Å². The molecule has 0 aliphatic carbocycles. The Balaban J connectivity index is 1.59. The van der Waals surface area contributed by atoms with Crippen molar-refractivity contribution in [2.24, 2.45) is 0 Å². The largest absolute Gasteiger partial charge is 0.435 e. The van der Waals surface area contributed by atoms with Crippen molar-refractivity contribution in [1.29, 1.82) is 0 Å². The molecule has 6 nitrogen and oxygen atoms in total. The Morgan fingerprint density at radius 2 is 1.77 bits per heavy atom. The van der Waals surface area contributed by atoms with Gasteiger partial charge in [-0.1, -0.05) is 36.0 Å². The molecule has 0 saturated heterocycles. The number of hydrogen-bond acceptors (Lipinski definition) is 6. The molecule has 9 heteroatoms. The van der Waals surface area contributed by atoms with Crippen molar-refractivity contribution >= 4 is 33.6 Å². The van der Waals surface area contributed by atoms with Crippen LogP contribution in [0.3, 0.4) is 0 Å². The maximum absolute atomic E-state index is 13.4. The number of halogens is 2. The summed E-state index contributed by atoms with van der Waals surface area (Å²) in [6.07, 6.45) is 0. The molecule has 0 bridgehead atoms. The quantitative estimate of drug-likeness (QED) is 0.172. The van der Waals surface area contributed by atoms with Gasteiger partial charge < -0.3 is 9.15 Å². The predicted molar refractivity (Wildman–Crippen MR) is 131 cm³/mol. The van der Waals surface area contributed by atoms with Gasteiger partial charge >= 0.3 is 12.2 Å². The first-order chi connectivity index (χ1) is 16.9. The standard InChI is InChI=1S/C26H18F2N2O4S/c1-15-6-11-19-16(13-23(31)34-22(19)12-15)14-35-26-29-21-5-3-2-4-20(21)24(32)30(26)17-7-9-18(10-8-17)33-25(27)28/h2-13,25H,14H2,1H3. The minimum absolute atomic E-state index is 0.0162. The van der Waals surface area contributed by atoms with Gasteiger partial charge in [-0.15, -0.1) is 0 Å². The monoisotopic (exact) mass is 492 g/mol. The first kappa shape index (κ1) is 22.8. The lowest BCUT2D eigenvalue weighted by Crippen LogP contribution is -2.21. The van der Waals surface area contributed by atoms with Gasteiger partial charge in [-0.25, -0.2) is 9.78 Å². The van der Waals surface area contributed by atoms with Crippen molar-refractivity contribution < 1.29 is 17.9 Å². The molecule has 0 amide bonds. The van der Waals surface area contributed by atoms with Gasteiger partial charge in [0, 0.05) is 17.2 Å². The van der Waals surface area contributed by atoms with Gasteiger partial charge in [0.25, 0.3) is 5.56 Å². The van der Waals surface area contributed by atoms with Crippen LogP contribution < -0.4 is 15.9 Å². The topological polar surface area (TPSA) is 74.3 Å². The Labute approximate surface area is 201 Å². The predicted octanol–water partition coefficient (Wildman–Crippen LogP) is 5.69. The molecule has 5 rings (SSSR count). The molecule has 2 heterocycles. The third-order valence-corrected chi connectivity index (χ3v) is 6.39. The van der Waals surface area contributed by atoms with Gasteiger partial charge in [0.05, 0.1) is 16.6 Å². The number of nitrogens with zero attached hydrogens (tertiary/aromatic N) is 2. The van der Waals surface area contributed by atoms with Crippen molar-refractivity contribution in [3.63, 3.8) is 0 Å². The van der Waals surface area contributed by atoms with E-state index in [0.29, 0.717) is 33.1 Å². The molecule has 2 aromatic heterocycles. The zero-order valence-corrected chi connectivity index (χ0v) is 19.2. The Bertz CT molecular complexity index is 1660. The summed E-state index contributed by atoms with van der Waals surface area (Å²) in [6.45, 7) is -1.03. The number of fused-ring (bicyclic) bond motifs is 2. The maximum Gasteiger partial charge on any atom is 0.387 e. The van der Waals surface area contributed by atoms with E-state index in [1.54, 1.807) is 30.3 Å². The van der Waals surface area contributed by atoms with Crippen molar-refractivity contribution in [2.45, 2.75) is 24.4 Å². The molecule has 0 fully saturated rings. The second kappa shape index (κ2) is 9.34. The second-order valence-corrected chi connectivity index (χ2v) is 8.75. The lowest BCUT2D eigenvalue weighted by Gasteiger charge is -2.14. The second-order valence-electron chi connectivity index (χ2n) is 7.80. The van der Waals surface area contributed by atoms with E-state index in [1.165, 1.54) is 46.7 Å².